The quantitative estimate of drug-likeness (QED) is 0.646. The fourth-order valence-corrected chi connectivity index (χ4v) is 4.51. The van der Waals surface area contributed by atoms with E-state index >= 15 is 0 Å². The number of fused-ring (bicyclic) bond motifs is 1. The minimum atomic E-state index is -0.240. The first-order valence-corrected chi connectivity index (χ1v) is 10.2. The van der Waals surface area contributed by atoms with Crippen molar-refractivity contribution in [2.75, 3.05) is 17.7 Å². The molecule has 2 aliphatic rings. The molecule has 5 rings (SSSR count). The lowest BCUT2D eigenvalue weighted by Gasteiger charge is -2.30. The summed E-state index contributed by atoms with van der Waals surface area (Å²) >= 11 is 0. The van der Waals surface area contributed by atoms with Crippen LogP contribution in [0, 0.1) is 0 Å². The number of aromatic nitrogens is 1. The highest BCUT2D eigenvalue weighted by Gasteiger charge is 2.36. The molecule has 1 aliphatic carbocycles. The van der Waals surface area contributed by atoms with Gasteiger partial charge in [-0.1, -0.05) is 36.4 Å². The van der Waals surface area contributed by atoms with Crippen LogP contribution < -0.4 is 15.4 Å². The van der Waals surface area contributed by atoms with Crippen molar-refractivity contribution in [1.82, 2.24) is 4.98 Å². The van der Waals surface area contributed by atoms with E-state index in [1.807, 2.05) is 60.8 Å². The molecule has 5 nitrogen and oxygen atoms in total. The predicted molar refractivity (Wildman–Crippen MR) is 118 cm³/mol. The van der Waals surface area contributed by atoms with Gasteiger partial charge in [-0.15, -0.1) is 0 Å². The Bertz CT molecular complexity index is 1120. The third-order valence-corrected chi connectivity index (χ3v) is 5.91. The van der Waals surface area contributed by atoms with Crippen LogP contribution in [-0.2, 0) is 4.79 Å². The van der Waals surface area contributed by atoms with Gasteiger partial charge in [-0.25, -0.2) is 0 Å². The topological polar surface area (TPSA) is 63.2 Å². The molecule has 30 heavy (non-hydrogen) atoms. The molecular formula is C25H23N3O2. The van der Waals surface area contributed by atoms with E-state index in [0.29, 0.717) is 6.42 Å². The molecule has 0 fully saturated rings. The molecule has 2 aromatic carbocycles. The lowest BCUT2D eigenvalue weighted by molar-refractivity contribution is -0.116. The fraction of sp³-hybridized carbons (Fsp3) is 0.200. The zero-order valence-corrected chi connectivity index (χ0v) is 16.8. The fourth-order valence-electron chi connectivity index (χ4n) is 4.51. The number of anilines is 2. The van der Waals surface area contributed by atoms with E-state index in [1.165, 1.54) is 0 Å². The van der Waals surface area contributed by atoms with Crippen LogP contribution in [0.5, 0.6) is 5.75 Å². The van der Waals surface area contributed by atoms with E-state index in [9.17, 15) is 4.79 Å². The van der Waals surface area contributed by atoms with Crippen LogP contribution in [0.1, 0.15) is 35.9 Å². The number of methoxy groups -OCH3 is 1. The van der Waals surface area contributed by atoms with Gasteiger partial charge in [-0.2, -0.15) is 0 Å². The summed E-state index contributed by atoms with van der Waals surface area (Å²) < 4.78 is 5.57. The Morgan fingerprint density at radius 3 is 2.57 bits per heavy atom. The molecule has 0 amide bonds. The minimum absolute atomic E-state index is 0.0692. The zero-order valence-electron chi connectivity index (χ0n) is 16.8. The summed E-state index contributed by atoms with van der Waals surface area (Å²) in [6.07, 6.45) is 4.78. The second-order valence-electron chi connectivity index (χ2n) is 7.70. The van der Waals surface area contributed by atoms with E-state index in [1.54, 1.807) is 13.3 Å². The molecule has 2 heterocycles. The summed E-state index contributed by atoms with van der Waals surface area (Å²) in [5.41, 5.74) is 5.77. The first-order chi connectivity index (χ1) is 14.7. The number of ether oxygens (including phenoxy) is 1. The summed E-state index contributed by atoms with van der Waals surface area (Å²) in [6, 6.07) is 19.7. The number of para-hydroxylation sites is 3. The average molecular weight is 397 g/mol. The largest absolute Gasteiger partial charge is 0.496 e. The summed E-state index contributed by atoms with van der Waals surface area (Å²) in [5.74, 6) is 1.05. The summed E-state index contributed by atoms with van der Waals surface area (Å²) in [7, 11) is 1.68. The van der Waals surface area contributed by atoms with Crippen molar-refractivity contribution >= 4 is 17.2 Å². The van der Waals surface area contributed by atoms with Crippen LogP contribution in [0.3, 0.4) is 0 Å². The highest BCUT2D eigenvalue weighted by atomic mass is 16.5. The van der Waals surface area contributed by atoms with Gasteiger partial charge in [-0.3, -0.25) is 9.78 Å². The molecule has 0 saturated carbocycles. The number of nitrogens with zero attached hydrogens (tertiary/aromatic N) is 1. The molecule has 1 aromatic heterocycles. The van der Waals surface area contributed by atoms with E-state index in [-0.39, 0.29) is 17.7 Å². The summed E-state index contributed by atoms with van der Waals surface area (Å²) in [6.45, 7) is 0. The van der Waals surface area contributed by atoms with Crippen LogP contribution >= 0.6 is 0 Å². The third kappa shape index (κ3) is 3.22. The second kappa shape index (κ2) is 7.67. The summed E-state index contributed by atoms with van der Waals surface area (Å²) in [5, 5.41) is 7.14. The van der Waals surface area contributed by atoms with E-state index in [2.05, 4.69) is 21.7 Å². The van der Waals surface area contributed by atoms with Gasteiger partial charge in [0.25, 0.3) is 0 Å². The average Bonchev–Trinajstić information content (AvgIpc) is 2.96. The van der Waals surface area contributed by atoms with Gasteiger partial charge in [0, 0.05) is 36.0 Å². The maximum Gasteiger partial charge on any atom is 0.163 e. The zero-order chi connectivity index (χ0) is 20.5. The maximum absolute atomic E-state index is 13.5. The van der Waals surface area contributed by atoms with Crippen molar-refractivity contribution in [2.24, 2.45) is 0 Å². The van der Waals surface area contributed by atoms with Crippen molar-refractivity contribution in [3.8, 4) is 5.75 Å². The molecule has 5 heteroatoms. The molecule has 150 valence electrons. The van der Waals surface area contributed by atoms with Crippen LogP contribution in [0.25, 0.3) is 0 Å². The number of pyridine rings is 1. The van der Waals surface area contributed by atoms with E-state index in [4.69, 9.17) is 4.74 Å². The standard InChI is InChI=1S/C25H23N3O2/c1-30-23-11-5-2-8-18(23)17-13-21-24(22(29)14-17)25(16-7-6-12-26-15-16)28-20-10-4-3-9-19(20)27-21/h2-12,15,17,25,27-28H,13-14H2,1H3/t17-,25+/m0/s1. The SMILES string of the molecule is COc1ccccc1[C@@H]1CC(=O)C2=C(C1)Nc1ccccc1N[C@@H]2c1cccnc1. The molecule has 1 aliphatic heterocycles. The number of rotatable bonds is 3. The normalized spacial score (nSPS) is 20.4. The van der Waals surface area contributed by atoms with Crippen molar-refractivity contribution in [3.05, 3.63) is 95.5 Å². The minimum Gasteiger partial charge on any atom is -0.496 e. The molecule has 3 aromatic rings. The number of hydrogen-bond donors (Lipinski definition) is 2. The lowest BCUT2D eigenvalue weighted by Crippen LogP contribution is -2.27. The monoisotopic (exact) mass is 397 g/mol. The van der Waals surface area contributed by atoms with Crippen molar-refractivity contribution in [1.29, 1.82) is 0 Å². The number of allylic oxidation sites excluding steroid dienone is 1. The molecular weight excluding hydrogens is 374 g/mol. The number of benzene rings is 2. The van der Waals surface area contributed by atoms with Gasteiger partial charge in [0.2, 0.25) is 0 Å². The smallest absolute Gasteiger partial charge is 0.163 e. The molecule has 0 bridgehead atoms. The Morgan fingerprint density at radius 1 is 0.967 bits per heavy atom. The molecule has 2 N–H and O–H groups in total. The molecule has 2 atom stereocenters. The second-order valence-corrected chi connectivity index (χ2v) is 7.70. The highest BCUT2D eigenvalue weighted by molar-refractivity contribution is 6.01. The molecule has 0 unspecified atom stereocenters. The maximum atomic E-state index is 13.5. The third-order valence-electron chi connectivity index (χ3n) is 5.91. The molecule has 0 saturated heterocycles. The predicted octanol–water partition coefficient (Wildman–Crippen LogP) is 5.07. The van der Waals surface area contributed by atoms with Crippen molar-refractivity contribution in [3.63, 3.8) is 0 Å². The van der Waals surface area contributed by atoms with Gasteiger partial charge >= 0.3 is 0 Å². The first-order valence-electron chi connectivity index (χ1n) is 10.2. The highest BCUT2D eigenvalue weighted by Crippen LogP contribution is 2.45. The number of hydrogen-bond acceptors (Lipinski definition) is 5. The summed E-state index contributed by atoms with van der Waals surface area (Å²) in [4.78, 5) is 17.8. The van der Waals surface area contributed by atoms with Crippen molar-refractivity contribution in [2.45, 2.75) is 24.8 Å². The Kier molecular flexibility index (Phi) is 4.71. The van der Waals surface area contributed by atoms with Crippen LogP contribution in [0.4, 0.5) is 11.4 Å². The number of Topliss-reactive ketones (excluding diaryl/α,β-unsaturated/α-hetero) is 1. The Labute approximate surface area is 175 Å². The van der Waals surface area contributed by atoms with Gasteiger partial charge in [0.05, 0.1) is 24.5 Å². The number of nitrogens with one attached hydrogen (secondary N) is 2. The first kappa shape index (κ1) is 18.4. The Hall–Kier alpha value is -3.60. The number of carbonyl (C=O) groups is 1. The molecule has 0 spiro atoms. The van der Waals surface area contributed by atoms with Gasteiger partial charge < -0.3 is 15.4 Å². The van der Waals surface area contributed by atoms with Crippen LogP contribution in [0.2, 0.25) is 0 Å². The Balaban J connectivity index is 1.61. The molecule has 0 radical (unpaired) electrons. The van der Waals surface area contributed by atoms with Gasteiger partial charge in [-0.05, 0) is 41.8 Å². The lowest BCUT2D eigenvalue weighted by atomic mass is 9.78. The van der Waals surface area contributed by atoms with E-state index in [0.717, 1.165) is 45.9 Å². The van der Waals surface area contributed by atoms with E-state index < -0.39 is 0 Å². The number of carbonyl (C=O) groups excluding carboxylic acids is 1. The number of ketones is 1. The van der Waals surface area contributed by atoms with Gasteiger partial charge in [0.1, 0.15) is 5.75 Å². The Morgan fingerprint density at radius 2 is 1.77 bits per heavy atom. The van der Waals surface area contributed by atoms with Crippen molar-refractivity contribution < 1.29 is 9.53 Å². The van der Waals surface area contributed by atoms with Gasteiger partial charge in [0.15, 0.2) is 5.78 Å². The van der Waals surface area contributed by atoms with Crippen LogP contribution in [0.15, 0.2) is 84.3 Å². The van der Waals surface area contributed by atoms with Crippen LogP contribution in [-0.4, -0.2) is 17.9 Å².